The molecule has 1 heterocycles. The lowest BCUT2D eigenvalue weighted by Gasteiger charge is -2.33. The number of fused-ring (bicyclic) bond motifs is 1. The van der Waals surface area contributed by atoms with Crippen molar-refractivity contribution >= 4 is 34.0 Å². The van der Waals surface area contributed by atoms with Crippen LogP contribution < -0.4 is 16.0 Å². The molecule has 2 amide bonds. The maximum Gasteiger partial charge on any atom is 0.293 e. The predicted molar refractivity (Wildman–Crippen MR) is 125 cm³/mol. The quantitative estimate of drug-likeness (QED) is 0.391. The molecule has 4 rings (SSSR count). The van der Waals surface area contributed by atoms with Crippen LogP contribution in [0.15, 0.2) is 54.9 Å². The van der Waals surface area contributed by atoms with Gasteiger partial charge in [-0.15, -0.1) is 0 Å². The van der Waals surface area contributed by atoms with E-state index in [0.29, 0.717) is 12.0 Å². The topological polar surface area (TPSA) is 126 Å². The Bertz CT molecular complexity index is 1210. The van der Waals surface area contributed by atoms with Gasteiger partial charge in [0.1, 0.15) is 5.69 Å². The number of nitrogens with one attached hydrogen (secondary N) is 3. The summed E-state index contributed by atoms with van der Waals surface area (Å²) in [5, 5.41) is 22.2. The van der Waals surface area contributed by atoms with E-state index >= 15 is 0 Å². The summed E-state index contributed by atoms with van der Waals surface area (Å²) in [6.07, 6.45) is 6.53. The van der Waals surface area contributed by atoms with Gasteiger partial charge in [-0.25, -0.2) is 0 Å². The molecule has 33 heavy (non-hydrogen) atoms. The first-order chi connectivity index (χ1) is 16.0. The zero-order valence-corrected chi connectivity index (χ0v) is 18.2. The van der Waals surface area contributed by atoms with Gasteiger partial charge in [0.05, 0.1) is 16.1 Å². The van der Waals surface area contributed by atoms with Gasteiger partial charge in [-0.1, -0.05) is 43.2 Å². The van der Waals surface area contributed by atoms with Crippen molar-refractivity contribution in [2.45, 2.75) is 37.8 Å². The fourth-order valence-corrected chi connectivity index (χ4v) is 4.37. The second-order valence-corrected chi connectivity index (χ2v) is 8.06. The minimum Gasteiger partial charge on any atom is -0.374 e. The van der Waals surface area contributed by atoms with Gasteiger partial charge < -0.3 is 16.0 Å². The van der Waals surface area contributed by atoms with E-state index in [1.807, 2.05) is 24.3 Å². The summed E-state index contributed by atoms with van der Waals surface area (Å²) in [4.78, 5) is 40.9. The van der Waals surface area contributed by atoms with Crippen LogP contribution in [0.3, 0.4) is 0 Å². The molecule has 1 aliphatic rings. The van der Waals surface area contributed by atoms with E-state index in [1.165, 1.54) is 19.2 Å². The number of pyridine rings is 1. The monoisotopic (exact) mass is 447 g/mol. The summed E-state index contributed by atoms with van der Waals surface area (Å²) in [5.74, 6) is -0.661. The number of para-hydroxylation sites is 1. The first-order valence-electron chi connectivity index (χ1n) is 10.9. The zero-order valence-electron chi connectivity index (χ0n) is 18.2. The fraction of sp³-hybridized carbons (Fsp3) is 0.292. The average molecular weight is 447 g/mol. The number of carbonyl (C=O) groups excluding carboxylic acids is 2. The molecule has 1 aromatic heterocycles. The van der Waals surface area contributed by atoms with Crippen LogP contribution in [0.5, 0.6) is 0 Å². The highest BCUT2D eigenvalue weighted by Gasteiger charge is 2.31. The summed E-state index contributed by atoms with van der Waals surface area (Å²) in [6.45, 7) is 0. The standard InChI is InChI=1S/C24H25N5O4/c1-25-23(30)17-9-6-12-21(29(32)33)22(17)27-19-10-4-5-11-20(19)28-24(31)18-14-26-13-15-7-2-3-8-16(15)18/h2-3,6-9,12-14,19-20,27H,4-5,10-11H2,1H3,(H,25,30)(H,28,31)/t19-,20+/m0/s1. The van der Waals surface area contributed by atoms with Gasteiger partial charge in [-0.2, -0.15) is 0 Å². The largest absolute Gasteiger partial charge is 0.374 e. The van der Waals surface area contributed by atoms with Crippen LogP contribution in [-0.2, 0) is 0 Å². The number of hydrogen-bond donors (Lipinski definition) is 3. The normalized spacial score (nSPS) is 17.8. The third-order valence-electron chi connectivity index (χ3n) is 6.04. The van der Waals surface area contributed by atoms with E-state index in [-0.39, 0.29) is 34.9 Å². The van der Waals surface area contributed by atoms with Crippen LogP contribution in [0.1, 0.15) is 46.4 Å². The van der Waals surface area contributed by atoms with Gasteiger partial charge >= 0.3 is 0 Å². The van der Waals surface area contributed by atoms with E-state index in [2.05, 4.69) is 20.9 Å². The number of aromatic nitrogens is 1. The van der Waals surface area contributed by atoms with Crippen LogP contribution in [-0.4, -0.2) is 40.9 Å². The molecule has 1 saturated carbocycles. The summed E-state index contributed by atoms with van der Waals surface area (Å²) >= 11 is 0. The van der Waals surface area contributed by atoms with E-state index in [1.54, 1.807) is 18.5 Å². The molecule has 9 nitrogen and oxygen atoms in total. The lowest BCUT2D eigenvalue weighted by molar-refractivity contribution is -0.384. The minimum atomic E-state index is -0.507. The Kier molecular flexibility index (Phi) is 6.48. The SMILES string of the molecule is CNC(=O)c1cccc([N+](=O)[O-])c1N[C@H]1CCCC[C@H]1NC(=O)c1cncc2ccccc12. The molecule has 170 valence electrons. The second kappa shape index (κ2) is 9.64. The molecule has 0 saturated heterocycles. The second-order valence-electron chi connectivity index (χ2n) is 8.06. The third kappa shape index (κ3) is 4.62. The summed E-state index contributed by atoms with van der Waals surface area (Å²) in [6, 6.07) is 11.4. The van der Waals surface area contributed by atoms with Gasteiger partial charge in [-0.3, -0.25) is 24.7 Å². The Labute approximate surface area is 190 Å². The van der Waals surface area contributed by atoms with Gasteiger partial charge in [0.25, 0.3) is 17.5 Å². The van der Waals surface area contributed by atoms with E-state index in [0.717, 1.165) is 30.0 Å². The fourth-order valence-electron chi connectivity index (χ4n) is 4.37. The molecular weight excluding hydrogens is 422 g/mol. The number of amides is 2. The zero-order chi connectivity index (χ0) is 23.4. The molecule has 0 radical (unpaired) electrons. The smallest absolute Gasteiger partial charge is 0.293 e. The molecule has 0 bridgehead atoms. The first-order valence-corrected chi connectivity index (χ1v) is 10.9. The molecule has 0 aliphatic heterocycles. The highest BCUT2D eigenvalue weighted by molar-refractivity contribution is 6.06. The number of nitro groups is 1. The Morgan fingerprint density at radius 1 is 0.970 bits per heavy atom. The maximum atomic E-state index is 13.2. The third-order valence-corrected chi connectivity index (χ3v) is 6.04. The Hall–Kier alpha value is -4.01. The number of carbonyl (C=O) groups is 2. The van der Waals surface area contributed by atoms with Crippen molar-refractivity contribution in [2.24, 2.45) is 0 Å². The van der Waals surface area contributed by atoms with Crippen molar-refractivity contribution in [3.05, 3.63) is 76.1 Å². The number of nitro benzene ring substituents is 1. The summed E-state index contributed by atoms with van der Waals surface area (Å²) < 4.78 is 0. The lowest BCUT2D eigenvalue weighted by atomic mass is 9.89. The van der Waals surface area contributed by atoms with Crippen LogP contribution in [0.2, 0.25) is 0 Å². The molecule has 1 aliphatic carbocycles. The molecule has 9 heteroatoms. The van der Waals surface area contributed by atoms with Gasteiger partial charge in [0.15, 0.2) is 0 Å². The van der Waals surface area contributed by atoms with Crippen molar-refractivity contribution in [3.8, 4) is 0 Å². The number of hydrogen-bond acceptors (Lipinski definition) is 6. The Morgan fingerprint density at radius 2 is 1.73 bits per heavy atom. The lowest BCUT2D eigenvalue weighted by Crippen LogP contribution is -2.48. The molecule has 3 aromatic rings. The number of anilines is 1. The predicted octanol–water partition coefficient (Wildman–Crippen LogP) is 3.66. The molecule has 1 fully saturated rings. The molecule has 0 unspecified atom stereocenters. The van der Waals surface area contributed by atoms with Crippen molar-refractivity contribution in [2.75, 3.05) is 12.4 Å². The van der Waals surface area contributed by atoms with Crippen LogP contribution in [0.4, 0.5) is 11.4 Å². The van der Waals surface area contributed by atoms with Crippen molar-refractivity contribution < 1.29 is 14.5 Å². The maximum absolute atomic E-state index is 13.2. The van der Waals surface area contributed by atoms with Crippen LogP contribution in [0.25, 0.3) is 10.8 Å². The van der Waals surface area contributed by atoms with E-state index in [9.17, 15) is 19.7 Å². The Morgan fingerprint density at radius 3 is 2.48 bits per heavy atom. The van der Waals surface area contributed by atoms with Crippen molar-refractivity contribution in [1.82, 2.24) is 15.6 Å². The van der Waals surface area contributed by atoms with Crippen molar-refractivity contribution in [3.63, 3.8) is 0 Å². The molecule has 3 N–H and O–H groups in total. The molecule has 0 spiro atoms. The minimum absolute atomic E-state index is 0.167. The van der Waals surface area contributed by atoms with Gasteiger partial charge in [-0.05, 0) is 24.3 Å². The van der Waals surface area contributed by atoms with Crippen molar-refractivity contribution in [1.29, 1.82) is 0 Å². The van der Waals surface area contributed by atoms with Crippen LogP contribution in [0, 0.1) is 10.1 Å². The van der Waals surface area contributed by atoms with Gasteiger partial charge in [0.2, 0.25) is 0 Å². The molecular formula is C24H25N5O4. The van der Waals surface area contributed by atoms with Gasteiger partial charge in [0, 0.05) is 43.0 Å². The highest BCUT2D eigenvalue weighted by atomic mass is 16.6. The molecule has 2 aromatic carbocycles. The molecule has 2 atom stereocenters. The number of benzene rings is 2. The Balaban J connectivity index is 1.62. The summed E-state index contributed by atoms with van der Waals surface area (Å²) in [7, 11) is 1.48. The number of nitrogens with zero attached hydrogens (tertiary/aromatic N) is 2. The highest BCUT2D eigenvalue weighted by Crippen LogP contribution is 2.32. The number of rotatable bonds is 6. The summed E-state index contributed by atoms with van der Waals surface area (Å²) in [5.41, 5.74) is 0.666. The van der Waals surface area contributed by atoms with E-state index < -0.39 is 10.8 Å². The first kappa shape index (κ1) is 22.2. The van der Waals surface area contributed by atoms with E-state index in [4.69, 9.17) is 0 Å². The van der Waals surface area contributed by atoms with Crippen LogP contribution >= 0.6 is 0 Å². The average Bonchev–Trinajstić information content (AvgIpc) is 2.84.